The molecule has 1 aromatic carbocycles. The summed E-state index contributed by atoms with van der Waals surface area (Å²) in [6, 6.07) is 13.6. The summed E-state index contributed by atoms with van der Waals surface area (Å²) in [7, 11) is 0. The quantitative estimate of drug-likeness (QED) is 0.599. The minimum absolute atomic E-state index is 0.345. The molecule has 1 atom stereocenters. The highest BCUT2D eigenvalue weighted by molar-refractivity contribution is 6.36. The van der Waals surface area contributed by atoms with Crippen molar-refractivity contribution in [1.82, 2.24) is 9.97 Å². The molecule has 2 heterocycles. The second-order valence-electron chi connectivity index (χ2n) is 5.53. The van der Waals surface area contributed by atoms with Gasteiger partial charge in [0.2, 0.25) is 0 Å². The molecule has 4 heteroatoms. The van der Waals surface area contributed by atoms with Crippen LogP contribution in [0.15, 0.2) is 61.1 Å². The van der Waals surface area contributed by atoms with Crippen LogP contribution in [0.5, 0.6) is 0 Å². The van der Waals surface area contributed by atoms with Crippen molar-refractivity contribution in [2.24, 2.45) is 0 Å². The molecule has 3 rings (SSSR count). The van der Waals surface area contributed by atoms with Gasteiger partial charge in [-0.15, -0.1) is 0 Å². The van der Waals surface area contributed by atoms with E-state index < -0.39 is 0 Å². The molecule has 1 unspecified atom stereocenters. The van der Waals surface area contributed by atoms with Gasteiger partial charge in [-0.05, 0) is 53.8 Å². The lowest BCUT2D eigenvalue weighted by Crippen LogP contribution is -2.02. The van der Waals surface area contributed by atoms with Crippen LogP contribution in [0.2, 0.25) is 10.0 Å². The molecule has 2 aromatic heterocycles. The molecule has 0 saturated heterocycles. The molecular formula is C19H16Cl2N2. The Morgan fingerprint density at radius 1 is 1.04 bits per heavy atom. The molecule has 0 aliphatic carbocycles. The van der Waals surface area contributed by atoms with Crippen LogP contribution in [0, 0.1) is 0 Å². The predicted molar refractivity (Wildman–Crippen MR) is 96.0 cm³/mol. The normalized spacial score (nSPS) is 12.1. The van der Waals surface area contributed by atoms with E-state index in [1.165, 1.54) is 5.56 Å². The third-order valence-electron chi connectivity index (χ3n) is 3.86. The zero-order chi connectivity index (χ0) is 16.2. The number of aromatic nitrogens is 2. The fraction of sp³-hybridized carbons (Fsp3) is 0.158. The lowest BCUT2D eigenvalue weighted by molar-refractivity contribution is 0.753. The fourth-order valence-electron chi connectivity index (χ4n) is 2.64. The molecule has 0 spiro atoms. The van der Waals surface area contributed by atoms with Crippen molar-refractivity contribution in [3.63, 3.8) is 0 Å². The van der Waals surface area contributed by atoms with Gasteiger partial charge in [0.1, 0.15) is 0 Å². The fourth-order valence-corrected chi connectivity index (χ4v) is 3.14. The summed E-state index contributed by atoms with van der Waals surface area (Å²) >= 11 is 12.4. The van der Waals surface area contributed by atoms with E-state index in [1.54, 1.807) is 18.5 Å². The van der Waals surface area contributed by atoms with E-state index in [9.17, 15) is 0 Å². The van der Waals surface area contributed by atoms with Gasteiger partial charge in [0, 0.05) is 29.2 Å². The topological polar surface area (TPSA) is 25.8 Å². The van der Waals surface area contributed by atoms with Gasteiger partial charge in [0.05, 0.1) is 10.7 Å². The maximum absolute atomic E-state index is 6.36. The van der Waals surface area contributed by atoms with E-state index in [1.807, 2.05) is 30.5 Å². The number of hydrogen-bond acceptors (Lipinski definition) is 2. The number of pyridine rings is 2. The summed E-state index contributed by atoms with van der Waals surface area (Å²) in [4.78, 5) is 8.74. The summed E-state index contributed by atoms with van der Waals surface area (Å²) in [6.07, 6.45) is 6.36. The molecule has 116 valence electrons. The zero-order valence-electron chi connectivity index (χ0n) is 12.7. The summed E-state index contributed by atoms with van der Waals surface area (Å²) in [6.45, 7) is 2.19. The van der Waals surface area contributed by atoms with Crippen molar-refractivity contribution < 1.29 is 0 Å². The predicted octanol–water partition coefficient (Wildman–Crippen LogP) is 5.80. The molecule has 0 radical (unpaired) electrons. The van der Waals surface area contributed by atoms with Gasteiger partial charge in [-0.3, -0.25) is 9.97 Å². The largest absolute Gasteiger partial charge is 0.264 e. The first kappa shape index (κ1) is 16.0. The van der Waals surface area contributed by atoms with Crippen molar-refractivity contribution in [3.05, 3.63) is 82.2 Å². The van der Waals surface area contributed by atoms with E-state index in [4.69, 9.17) is 23.2 Å². The minimum atomic E-state index is 0.345. The molecule has 0 amide bonds. The van der Waals surface area contributed by atoms with Gasteiger partial charge in [0.15, 0.2) is 0 Å². The van der Waals surface area contributed by atoms with Crippen molar-refractivity contribution in [3.8, 4) is 11.3 Å². The summed E-state index contributed by atoms with van der Waals surface area (Å²) < 4.78 is 0. The lowest BCUT2D eigenvalue weighted by Gasteiger charge is -2.15. The Hall–Kier alpha value is -1.90. The van der Waals surface area contributed by atoms with Crippen molar-refractivity contribution in [2.45, 2.75) is 19.3 Å². The Morgan fingerprint density at radius 3 is 2.61 bits per heavy atom. The molecule has 23 heavy (non-hydrogen) atoms. The lowest BCUT2D eigenvalue weighted by atomic mass is 9.92. The van der Waals surface area contributed by atoms with Gasteiger partial charge in [-0.2, -0.15) is 0 Å². The molecule has 0 saturated carbocycles. The van der Waals surface area contributed by atoms with Gasteiger partial charge < -0.3 is 0 Å². The standard InChI is InChI=1S/C19H16Cl2N2/c1-13(15-5-2-8-22-12-15)10-14-4-3-9-23-19(14)17-7-6-16(20)11-18(17)21/h2-9,11-13H,10H2,1H3. The van der Waals surface area contributed by atoms with E-state index in [2.05, 4.69) is 29.0 Å². The number of halogens is 2. The summed E-state index contributed by atoms with van der Waals surface area (Å²) in [5.74, 6) is 0.345. The molecule has 0 aliphatic heterocycles. The van der Waals surface area contributed by atoms with Crippen LogP contribution in [-0.2, 0) is 6.42 Å². The summed E-state index contributed by atoms with van der Waals surface area (Å²) in [5, 5.41) is 1.24. The third kappa shape index (κ3) is 3.72. The zero-order valence-corrected chi connectivity index (χ0v) is 14.2. The molecule has 0 aliphatic rings. The highest BCUT2D eigenvalue weighted by atomic mass is 35.5. The second-order valence-corrected chi connectivity index (χ2v) is 6.37. The first-order valence-electron chi connectivity index (χ1n) is 7.44. The van der Waals surface area contributed by atoms with Crippen LogP contribution in [0.4, 0.5) is 0 Å². The maximum atomic E-state index is 6.36. The van der Waals surface area contributed by atoms with E-state index in [0.29, 0.717) is 16.0 Å². The average molecular weight is 343 g/mol. The van der Waals surface area contributed by atoms with Gasteiger partial charge in [-0.1, -0.05) is 42.3 Å². The Bertz CT molecular complexity index is 803. The molecule has 3 aromatic rings. The monoisotopic (exact) mass is 342 g/mol. The van der Waals surface area contributed by atoms with Gasteiger partial charge in [0.25, 0.3) is 0 Å². The van der Waals surface area contributed by atoms with Crippen LogP contribution in [0.25, 0.3) is 11.3 Å². The molecular weight excluding hydrogens is 327 g/mol. The van der Waals surface area contributed by atoms with Crippen LogP contribution in [0.1, 0.15) is 24.0 Å². The van der Waals surface area contributed by atoms with Crippen LogP contribution >= 0.6 is 23.2 Å². The molecule has 0 N–H and O–H groups in total. The average Bonchev–Trinajstić information content (AvgIpc) is 2.56. The Kier molecular flexibility index (Phi) is 4.94. The third-order valence-corrected chi connectivity index (χ3v) is 4.40. The van der Waals surface area contributed by atoms with E-state index in [0.717, 1.165) is 23.2 Å². The SMILES string of the molecule is CC(Cc1cccnc1-c1ccc(Cl)cc1Cl)c1cccnc1. The van der Waals surface area contributed by atoms with Gasteiger partial charge in [-0.25, -0.2) is 0 Å². The Morgan fingerprint density at radius 2 is 1.87 bits per heavy atom. The van der Waals surface area contributed by atoms with E-state index in [-0.39, 0.29) is 0 Å². The molecule has 0 bridgehead atoms. The highest BCUT2D eigenvalue weighted by Gasteiger charge is 2.14. The first-order valence-corrected chi connectivity index (χ1v) is 8.20. The number of nitrogens with zero attached hydrogens (tertiary/aromatic N) is 2. The van der Waals surface area contributed by atoms with Gasteiger partial charge >= 0.3 is 0 Å². The van der Waals surface area contributed by atoms with Crippen LogP contribution in [0.3, 0.4) is 0 Å². The maximum Gasteiger partial charge on any atom is 0.0749 e. The van der Waals surface area contributed by atoms with Crippen molar-refractivity contribution in [2.75, 3.05) is 0 Å². The summed E-state index contributed by atoms with van der Waals surface area (Å²) in [5.41, 5.74) is 4.19. The van der Waals surface area contributed by atoms with Crippen molar-refractivity contribution in [1.29, 1.82) is 0 Å². The number of benzene rings is 1. The Balaban J connectivity index is 1.95. The molecule has 0 fully saturated rings. The Labute approximate surface area is 146 Å². The van der Waals surface area contributed by atoms with E-state index >= 15 is 0 Å². The first-order chi connectivity index (χ1) is 11.1. The molecule has 2 nitrogen and oxygen atoms in total. The van der Waals surface area contributed by atoms with Crippen molar-refractivity contribution >= 4 is 23.2 Å². The highest BCUT2D eigenvalue weighted by Crippen LogP contribution is 2.33. The number of hydrogen-bond donors (Lipinski definition) is 0. The second kappa shape index (κ2) is 7.12. The minimum Gasteiger partial charge on any atom is -0.264 e. The van der Waals surface area contributed by atoms with Crippen LogP contribution < -0.4 is 0 Å². The van der Waals surface area contributed by atoms with Crippen LogP contribution in [-0.4, -0.2) is 9.97 Å². The number of rotatable bonds is 4. The smallest absolute Gasteiger partial charge is 0.0749 e.